The number of amides is 1. The summed E-state index contributed by atoms with van der Waals surface area (Å²) in [6.45, 7) is 2.38. The van der Waals surface area contributed by atoms with Crippen LogP contribution in [0.25, 0.3) is 22.3 Å². The maximum Gasteiger partial charge on any atom is 0.251 e. The largest absolute Gasteiger partial charge is 0.496 e. The molecular weight excluding hydrogens is 550 g/mol. The molecule has 4 rings (SSSR count). The average molecular weight is 588 g/mol. The van der Waals surface area contributed by atoms with Crippen molar-refractivity contribution in [1.82, 2.24) is 5.32 Å². The summed E-state index contributed by atoms with van der Waals surface area (Å²) in [5, 5.41) is 35.0. The third-order valence-corrected chi connectivity index (χ3v) is 7.30. The van der Waals surface area contributed by atoms with E-state index in [-0.39, 0.29) is 33.8 Å². The van der Waals surface area contributed by atoms with Gasteiger partial charge in [0, 0.05) is 24.2 Å². The summed E-state index contributed by atoms with van der Waals surface area (Å²) in [6.07, 6.45) is -5.47. The number of ether oxygens (including phenoxy) is 5. The molecule has 1 aromatic heterocycles. The van der Waals surface area contributed by atoms with E-state index in [4.69, 9.17) is 28.1 Å². The van der Waals surface area contributed by atoms with Crippen molar-refractivity contribution >= 4 is 16.9 Å². The average Bonchev–Trinajstić information content (AvgIpc) is 3.00. The fraction of sp³-hybridized carbons (Fsp3) is 0.467. The summed E-state index contributed by atoms with van der Waals surface area (Å²) in [4.78, 5) is 26.4. The molecule has 2 heterocycles. The topological polar surface area (TPSA) is 166 Å². The lowest BCUT2D eigenvalue weighted by atomic mass is 9.89. The maximum absolute atomic E-state index is 13.5. The minimum atomic E-state index is -1.75. The Morgan fingerprint density at radius 1 is 0.881 bits per heavy atom. The standard InChI is InChI=1S/C30H37NO11/c1-6-7-8-11-31-30(36)29-26(35)24(33)25(34)28(42-29)23-20(39-4)14-21-22(27(23)40-5)16(32)13-18(41-21)15-9-10-17(37-2)19(12-15)38-3/h9-10,12-14,24-26,28-29,33-35H,6-8,11H2,1-5H3,(H,31,36)/t24-,25-,26+,28+,29+/m1/s1. The third kappa shape index (κ3) is 5.88. The molecule has 1 amide bonds. The molecular formula is C30H37NO11. The highest BCUT2D eigenvalue weighted by molar-refractivity contribution is 5.89. The monoisotopic (exact) mass is 587 g/mol. The lowest BCUT2D eigenvalue weighted by Gasteiger charge is -2.40. The lowest BCUT2D eigenvalue weighted by Crippen LogP contribution is -2.59. The van der Waals surface area contributed by atoms with Gasteiger partial charge in [-0.25, -0.2) is 0 Å². The molecule has 0 aliphatic carbocycles. The first-order chi connectivity index (χ1) is 20.2. The van der Waals surface area contributed by atoms with Crippen molar-refractivity contribution in [3.63, 3.8) is 0 Å². The molecule has 12 nitrogen and oxygen atoms in total. The van der Waals surface area contributed by atoms with Gasteiger partial charge in [-0.05, 0) is 24.6 Å². The van der Waals surface area contributed by atoms with E-state index in [1.807, 2.05) is 6.92 Å². The minimum Gasteiger partial charge on any atom is -0.496 e. The number of benzene rings is 2. The molecule has 1 aliphatic heterocycles. The Kier molecular flexibility index (Phi) is 9.94. The van der Waals surface area contributed by atoms with Crippen molar-refractivity contribution in [3.05, 3.63) is 46.1 Å². The van der Waals surface area contributed by atoms with Gasteiger partial charge in [-0.3, -0.25) is 9.59 Å². The number of aliphatic hydroxyl groups is 3. The van der Waals surface area contributed by atoms with Crippen molar-refractivity contribution < 1.29 is 48.2 Å². The fourth-order valence-electron chi connectivity index (χ4n) is 5.08. The zero-order chi connectivity index (χ0) is 30.6. The molecule has 1 aliphatic rings. The molecule has 2 aromatic carbocycles. The summed E-state index contributed by atoms with van der Waals surface area (Å²) >= 11 is 0. The van der Waals surface area contributed by atoms with Crippen molar-refractivity contribution in [1.29, 1.82) is 0 Å². The number of carbonyl (C=O) groups excluding carboxylic acids is 1. The predicted octanol–water partition coefficient (Wildman–Crippen LogP) is 2.32. The molecule has 0 saturated carbocycles. The molecule has 1 fully saturated rings. The maximum atomic E-state index is 13.5. The van der Waals surface area contributed by atoms with Gasteiger partial charge in [0.2, 0.25) is 0 Å². The molecule has 12 heteroatoms. The first kappa shape index (κ1) is 31.1. The Hall–Kier alpha value is -3.84. The number of fused-ring (bicyclic) bond motifs is 1. The second-order valence-corrected chi connectivity index (χ2v) is 9.89. The van der Waals surface area contributed by atoms with E-state index in [1.165, 1.54) is 40.6 Å². The van der Waals surface area contributed by atoms with Gasteiger partial charge in [-0.1, -0.05) is 19.8 Å². The number of hydrogen-bond acceptors (Lipinski definition) is 11. The van der Waals surface area contributed by atoms with Crippen LogP contribution in [0.3, 0.4) is 0 Å². The number of methoxy groups -OCH3 is 4. The smallest absolute Gasteiger partial charge is 0.251 e. The Morgan fingerprint density at radius 3 is 2.24 bits per heavy atom. The summed E-state index contributed by atoms with van der Waals surface area (Å²) in [7, 11) is 5.68. The zero-order valence-electron chi connectivity index (χ0n) is 24.2. The van der Waals surface area contributed by atoms with Gasteiger partial charge in [0.25, 0.3) is 5.91 Å². The van der Waals surface area contributed by atoms with Crippen molar-refractivity contribution in [2.24, 2.45) is 0 Å². The second-order valence-electron chi connectivity index (χ2n) is 9.89. The minimum absolute atomic E-state index is 0.0227. The van der Waals surface area contributed by atoms with E-state index < -0.39 is 41.9 Å². The van der Waals surface area contributed by atoms with Crippen molar-refractivity contribution in [2.45, 2.75) is 56.7 Å². The molecule has 4 N–H and O–H groups in total. The molecule has 3 aromatic rings. The predicted molar refractivity (Wildman–Crippen MR) is 152 cm³/mol. The van der Waals surface area contributed by atoms with Gasteiger partial charge >= 0.3 is 0 Å². The highest BCUT2D eigenvalue weighted by Gasteiger charge is 2.49. The number of nitrogens with one attached hydrogen (secondary N) is 1. The Morgan fingerprint density at radius 2 is 1.60 bits per heavy atom. The molecule has 228 valence electrons. The number of rotatable bonds is 11. The second kappa shape index (κ2) is 13.4. The van der Waals surface area contributed by atoms with Gasteiger partial charge in [-0.2, -0.15) is 0 Å². The lowest BCUT2D eigenvalue weighted by molar-refractivity contribution is -0.223. The van der Waals surface area contributed by atoms with E-state index in [0.717, 1.165) is 19.3 Å². The number of unbranched alkanes of at least 4 members (excludes halogenated alkanes) is 2. The van der Waals surface area contributed by atoms with Crippen LogP contribution in [0.15, 0.2) is 39.5 Å². The zero-order valence-corrected chi connectivity index (χ0v) is 24.2. The van der Waals surface area contributed by atoms with E-state index in [9.17, 15) is 24.9 Å². The van der Waals surface area contributed by atoms with E-state index in [1.54, 1.807) is 18.2 Å². The van der Waals surface area contributed by atoms with Crippen molar-refractivity contribution in [3.8, 4) is 34.3 Å². The summed E-state index contributed by atoms with van der Waals surface area (Å²) < 4.78 is 33.9. The molecule has 0 radical (unpaired) electrons. The van der Waals surface area contributed by atoms with E-state index >= 15 is 0 Å². The Balaban J connectivity index is 1.80. The molecule has 0 bridgehead atoms. The van der Waals surface area contributed by atoms with Crippen LogP contribution in [-0.2, 0) is 9.53 Å². The highest BCUT2D eigenvalue weighted by atomic mass is 16.5. The summed E-state index contributed by atoms with van der Waals surface area (Å²) in [6, 6.07) is 7.77. The quantitative estimate of drug-likeness (QED) is 0.243. The van der Waals surface area contributed by atoms with Crippen LogP contribution >= 0.6 is 0 Å². The Bertz CT molecular complexity index is 1470. The van der Waals surface area contributed by atoms with Gasteiger partial charge in [0.1, 0.15) is 52.6 Å². The normalized spacial score (nSPS) is 22.0. The van der Waals surface area contributed by atoms with Crippen LogP contribution < -0.4 is 29.7 Å². The number of aliphatic hydroxyl groups excluding tert-OH is 3. The van der Waals surface area contributed by atoms with Gasteiger partial charge < -0.3 is 48.7 Å². The summed E-state index contributed by atoms with van der Waals surface area (Å²) in [5.74, 6) is 0.596. The molecule has 42 heavy (non-hydrogen) atoms. The van der Waals surface area contributed by atoms with E-state index in [0.29, 0.717) is 23.6 Å². The van der Waals surface area contributed by atoms with Crippen LogP contribution in [0.4, 0.5) is 0 Å². The van der Waals surface area contributed by atoms with Crippen molar-refractivity contribution in [2.75, 3.05) is 35.0 Å². The SMILES string of the molecule is CCCCCNC(=O)[C@H]1O[C@@H](c2c(OC)cc3oc(-c4ccc(OC)c(OC)c4)cc(=O)c3c2OC)[C@H](O)[C@@H](O)[C@@H]1O. The van der Waals surface area contributed by atoms with Crippen LogP contribution in [0.1, 0.15) is 37.9 Å². The van der Waals surface area contributed by atoms with Gasteiger partial charge in [0.05, 0.1) is 34.0 Å². The fourth-order valence-corrected chi connectivity index (χ4v) is 5.08. The summed E-state index contributed by atoms with van der Waals surface area (Å²) in [5.41, 5.74) is 0.254. The first-order valence-electron chi connectivity index (χ1n) is 13.6. The molecule has 1 saturated heterocycles. The molecule has 5 atom stereocenters. The van der Waals surface area contributed by atoms with Crippen LogP contribution in [0.5, 0.6) is 23.0 Å². The van der Waals surface area contributed by atoms with Crippen LogP contribution in [0.2, 0.25) is 0 Å². The third-order valence-electron chi connectivity index (χ3n) is 7.30. The number of hydrogen-bond donors (Lipinski definition) is 4. The van der Waals surface area contributed by atoms with Crippen LogP contribution in [-0.4, -0.2) is 80.6 Å². The van der Waals surface area contributed by atoms with Gasteiger partial charge in [-0.15, -0.1) is 0 Å². The van der Waals surface area contributed by atoms with Crippen LogP contribution in [0, 0.1) is 0 Å². The highest BCUT2D eigenvalue weighted by Crippen LogP contribution is 2.46. The first-order valence-corrected chi connectivity index (χ1v) is 13.6. The van der Waals surface area contributed by atoms with E-state index in [2.05, 4.69) is 5.32 Å². The van der Waals surface area contributed by atoms with Gasteiger partial charge in [0.15, 0.2) is 23.0 Å². The molecule has 0 spiro atoms. The Labute approximate surface area is 242 Å². The molecule has 0 unspecified atom stereocenters. The number of carbonyl (C=O) groups is 1.